The van der Waals surface area contributed by atoms with Gasteiger partial charge in [-0.05, 0) is 37.9 Å². The summed E-state index contributed by atoms with van der Waals surface area (Å²) in [6.07, 6.45) is 0. The monoisotopic (exact) mass is 283 g/mol. The average Bonchev–Trinajstić information content (AvgIpc) is 2.47. The lowest BCUT2D eigenvalue weighted by molar-refractivity contribution is 0.271. The summed E-state index contributed by atoms with van der Waals surface area (Å²) < 4.78 is 25.6. The second-order valence-corrected chi connectivity index (χ2v) is 6.51. The third-order valence-corrected chi connectivity index (χ3v) is 5.03. The van der Waals surface area contributed by atoms with Gasteiger partial charge in [0.25, 0.3) is 0 Å². The van der Waals surface area contributed by atoms with E-state index in [1.165, 1.54) is 7.05 Å². The van der Waals surface area contributed by atoms with Gasteiger partial charge in [-0.3, -0.25) is 0 Å². The Hall–Kier alpha value is -1.11. The van der Waals surface area contributed by atoms with Crippen molar-refractivity contribution in [2.24, 2.45) is 0 Å². The Morgan fingerprint density at radius 1 is 1.11 bits per heavy atom. The van der Waals surface area contributed by atoms with Crippen LogP contribution < -0.4 is 9.62 Å². The third kappa shape index (κ3) is 3.26. The first-order valence-corrected chi connectivity index (χ1v) is 8.06. The summed E-state index contributed by atoms with van der Waals surface area (Å²) in [7, 11) is -1.91. The zero-order valence-corrected chi connectivity index (χ0v) is 12.3. The molecular formula is C13H21N3O2S. The number of sulfonamides is 1. The predicted molar refractivity (Wildman–Crippen MR) is 77.0 cm³/mol. The summed E-state index contributed by atoms with van der Waals surface area (Å²) in [5.74, 6) is 0. The smallest absolute Gasteiger partial charge is 0.240 e. The van der Waals surface area contributed by atoms with E-state index in [-0.39, 0.29) is 0 Å². The number of hydrogen-bond donors (Lipinski definition) is 1. The summed E-state index contributed by atoms with van der Waals surface area (Å²) in [6, 6.07) is 7.08. The number of likely N-dealkylation sites (N-methyl/N-ethyl adjacent to an activating group) is 1. The van der Waals surface area contributed by atoms with E-state index in [0.717, 1.165) is 38.4 Å². The fourth-order valence-electron chi connectivity index (χ4n) is 2.28. The van der Waals surface area contributed by atoms with Gasteiger partial charge in [-0.25, -0.2) is 13.1 Å². The van der Waals surface area contributed by atoms with Crippen molar-refractivity contribution in [3.8, 4) is 0 Å². The maximum absolute atomic E-state index is 11.6. The summed E-state index contributed by atoms with van der Waals surface area (Å²) in [6.45, 7) is 7.37. The molecule has 0 atom stereocenters. The van der Waals surface area contributed by atoms with E-state index in [4.69, 9.17) is 0 Å². The van der Waals surface area contributed by atoms with Gasteiger partial charge in [-0.1, -0.05) is 6.92 Å². The molecule has 0 bridgehead atoms. The van der Waals surface area contributed by atoms with Crippen LogP contribution >= 0.6 is 0 Å². The maximum Gasteiger partial charge on any atom is 0.240 e. The van der Waals surface area contributed by atoms with Crippen LogP contribution in [0, 0.1) is 0 Å². The number of piperazine rings is 1. The van der Waals surface area contributed by atoms with Crippen molar-refractivity contribution in [2.75, 3.05) is 44.7 Å². The lowest BCUT2D eigenvalue weighted by Gasteiger charge is -2.35. The van der Waals surface area contributed by atoms with Gasteiger partial charge in [0.05, 0.1) is 4.90 Å². The largest absolute Gasteiger partial charge is 0.369 e. The first kappa shape index (κ1) is 14.3. The second kappa shape index (κ2) is 5.90. The van der Waals surface area contributed by atoms with Crippen LogP contribution in [0.3, 0.4) is 0 Å². The van der Waals surface area contributed by atoms with E-state index >= 15 is 0 Å². The molecule has 6 heteroatoms. The highest BCUT2D eigenvalue weighted by Gasteiger charge is 2.17. The second-order valence-electron chi connectivity index (χ2n) is 4.62. The summed E-state index contributed by atoms with van der Waals surface area (Å²) in [5.41, 5.74) is 1.09. The molecule has 0 aliphatic carbocycles. The molecule has 1 saturated heterocycles. The molecule has 0 spiro atoms. The minimum atomic E-state index is -3.34. The lowest BCUT2D eigenvalue weighted by Crippen LogP contribution is -2.46. The number of nitrogens with one attached hydrogen (secondary N) is 1. The molecule has 19 heavy (non-hydrogen) atoms. The zero-order valence-electron chi connectivity index (χ0n) is 11.5. The highest BCUT2D eigenvalue weighted by molar-refractivity contribution is 7.89. The van der Waals surface area contributed by atoms with Crippen LogP contribution in [0.5, 0.6) is 0 Å². The van der Waals surface area contributed by atoms with Crippen LogP contribution in [-0.4, -0.2) is 53.1 Å². The standard InChI is InChI=1S/C13H21N3O2S/c1-3-15-8-10-16(11-9-15)12-4-6-13(7-5-12)19(17,18)14-2/h4-7,14H,3,8-11H2,1-2H3. The third-order valence-electron chi connectivity index (χ3n) is 3.60. The van der Waals surface area contributed by atoms with E-state index in [9.17, 15) is 8.42 Å². The highest BCUT2D eigenvalue weighted by atomic mass is 32.2. The number of benzene rings is 1. The fourth-order valence-corrected chi connectivity index (χ4v) is 3.01. The molecule has 2 rings (SSSR count). The molecule has 0 aromatic heterocycles. The first-order chi connectivity index (χ1) is 9.06. The van der Waals surface area contributed by atoms with Crippen molar-refractivity contribution in [1.82, 2.24) is 9.62 Å². The van der Waals surface area contributed by atoms with Gasteiger partial charge in [-0.2, -0.15) is 0 Å². The molecule has 1 heterocycles. The number of nitrogens with zero attached hydrogens (tertiary/aromatic N) is 2. The van der Waals surface area contributed by atoms with Crippen molar-refractivity contribution in [3.63, 3.8) is 0 Å². The molecule has 1 aromatic carbocycles. The molecule has 0 amide bonds. The first-order valence-electron chi connectivity index (χ1n) is 6.57. The van der Waals surface area contributed by atoms with Gasteiger partial charge in [0.1, 0.15) is 0 Å². The van der Waals surface area contributed by atoms with E-state index in [2.05, 4.69) is 21.4 Å². The Morgan fingerprint density at radius 2 is 1.68 bits per heavy atom. The quantitative estimate of drug-likeness (QED) is 0.885. The molecule has 0 unspecified atom stereocenters. The SMILES string of the molecule is CCN1CCN(c2ccc(S(=O)(=O)NC)cc2)CC1. The van der Waals surface area contributed by atoms with Crippen molar-refractivity contribution >= 4 is 15.7 Å². The van der Waals surface area contributed by atoms with Gasteiger partial charge < -0.3 is 9.80 Å². The fraction of sp³-hybridized carbons (Fsp3) is 0.538. The van der Waals surface area contributed by atoms with Crippen LogP contribution in [0.2, 0.25) is 0 Å². The Labute approximate surface area is 115 Å². The minimum absolute atomic E-state index is 0.311. The molecule has 1 fully saturated rings. The molecule has 106 valence electrons. The number of rotatable bonds is 4. The van der Waals surface area contributed by atoms with Crippen LogP contribution in [0.1, 0.15) is 6.92 Å². The van der Waals surface area contributed by atoms with Crippen molar-refractivity contribution in [1.29, 1.82) is 0 Å². The highest BCUT2D eigenvalue weighted by Crippen LogP contribution is 2.19. The van der Waals surface area contributed by atoms with Gasteiger partial charge >= 0.3 is 0 Å². The topological polar surface area (TPSA) is 52.7 Å². The van der Waals surface area contributed by atoms with Crippen LogP contribution in [0.15, 0.2) is 29.2 Å². The predicted octanol–water partition coefficient (Wildman–Crippen LogP) is 0.737. The van der Waals surface area contributed by atoms with Gasteiger partial charge in [0.15, 0.2) is 0 Å². The summed E-state index contributed by atoms with van der Waals surface area (Å²) >= 11 is 0. The summed E-state index contributed by atoms with van der Waals surface area (Å²) in [5, 5.41) is 0. The van der Waals surface area contributed by atoms with E-state index in [1.54, 1.807) is 12.1 Å². The van der Waals surface area contributed by atoms with Crippen molar-refractivity contribution < 1.29 is 8.42 Å². The summed E-state index contributed by atoms with van der Waals surface area (Å²) in [4.78, 5) is 5.02. The minimum Gasteiger partial charge on any atom is -0.369 e. The molecule has 1 aliphatic heterocycles. The number of hydrogen-bond acceptors (Lipinski definition) is 4. The van der Waals surface area contributed by atoms with Gasteiger partial charge in [0, 0.05) is 31.9 Å². The average molecular weight is 283 g/mol. The van der Waals surface area contributed by atoms with Crippen LogP contribution in [0.25, 0.3) is 0 Å². The lowest BCUT2D eigenvalue weighted by atomic mass is 10.2. The van der Waals surface area contributed by atoms with E-state index in [1.807, 2.05) is 12.1 Å². The van der Waals surface area contributed by atoms with E-state index in [0.29, 0.717) is 4.90 Å². The maximum atomic E-state index is 11.6. The molecular weight excluding hydrogens is 262 g/mol. The Bertz CT molecular complexity index is 505. The Balaban J connectivity index is 2.07. The zero-order chi connectivity index (χ0) is 13.9. The van der Waals surface area contributed by atoms with Gasteiger partial charge in [0.2, 0.25) is 10.0 Å². The van der Waals surface area contributed by atoms with Crippen LogP contribution in [-0.2, 0) is 10.0 Å². The molecule has 1 N–H and O–H groups in total. The molecule has 0 saturated carbocycles. The molecule has 0 radical (unpaired) electrons. The van der Waals surface area contributed by atoms with Gasteiger partial charge in [-0.15, -0.1) is 0 Å². The molecule has 1 aromatic rings. The van der Waals surface area contributed by atoms with Crippen molar-refractivity contribution in [2.45, 2.75) is 11.8 Å². The number of anilines is 1. The molecule has 1 aliphatic rings. The van der Waals surface area contributed by atoms with E-state index < -0.39 is 10.0 Å². The Kier molecular flexibility index (Phi) is 4.44. The van der Waals surface area contributed by atoms with Crippen LogP contribution in [0.4, 0.5) is 5.69 Å². The Morgan fingerprint density at radius 3 is 2.16 bits per heavy atom. The molecule has 5 nitrogen and oxygen atoms in total. The van der Waals surface area contributed by atoms with Crippen molar-refractivity contribution in [3.05, 3.63) is 24.3 Å². The normalized spacial score (nSPS) is 17.7.